The normalized spacial score (nSPS) is 12.7. The fourth-order valence-corrected chi connectivity index (χ4v) is 3.22. The van der Waals surface area contributed by atoms with E-state index in [4.69, 9.17) is 0 Å². The molecule has 1 aromatic carbocycles. The molecule has 0 saturated heterocycles. The second-order valence-electron chi connectivity index (χ2n) is 6.44. The number of nitrogens with zero attached hydrogens (tertiary/aromatic N) is 4. The summed E-state index contributed by atoms with van der Waals surface area (Å²) in [4.78, 5) is 34.2. The van der Waals surface area contributed by atoms with Gasteiger partial charge in [-0.05, 0) is 41.8 Å². The molecule has 0 aliphatic carbocycles. The fourth-order valence-electron chi connectivity index (χ4n) is 3.22. The first-order chi connectivity index (χ1) is 13.1. The minimum absolute atomic E-state index is 0.0255. The molecule has 0 radical (unpaired) electrons. The van der Waals surface area contributed by atoms with E-state index in [1.165, 1.54) is 0 Å². The van der Waals surface area contributed by atoms with Crippen molar-refractivity contribution < 1.29 is 9.59 Å². The van der Waals surface area contributed by atoms with Gasteiger partial charge in [-0.25, -0.2) is 9.97 Å². The maximum atomic E-state index is 12.5. The Labute approximate surface area is 156 Å². The van der Waals surface area contributed by atoms with Crippen LogP contribution in [0.5, 0.6) is 0 Å². The highest BCUT2D eigenvalue weighted by molar-refractivity contribution is 5.97. The second-order valence-corrected chi connectivity index (χ2v) is 6.44. The van der Waals surface area contributed by atoms with Crippen LogP contribution in [-0.2, 0) is 17.8 Å². The third-order valence-corrected chi connectivity index (χ3v) is 4.65. The average Bonchev–Trinajstić information content (AvgIpc) is 3.35. The van der Waals surface area contributed by atoms with Crippen molar-refractivity contribution in [3.05, 3.63) is 71.9 Å². The molecule has 4 rings (SSSR count). The Bertz CT molecular complexity index is 980. The molecule has 2 aromatic heterocycles. The third-order valence-electron chi connectivity index (χ3n) is 4.65. The topological polar surface area (TPSA) is 80.1 Å². The molecule has 136 valence electrons. The number of carbonyl (C=O) groups excluding carboxylic acids is 2. The van der Waals surface area contributed by atoms with Gasteiger partial charge in [-0.3, -0.25) is 14.2 Å². The molecule has 0 bridgehead atoms. The molecule has 27 heavy (non-hydrogen) atoms. The van der Waals surface area contributed by atoms with Crippen molar-refractivity contribution in [1.29, 1.82) is 0 Å². The van der Waals surface area contributed by atoms with Gasteiger partial charge in [0.25, 0.3) is 5.91 Å². The van der Waals surface area contributed by atoms with Crippen molar-refractivity contribution >= 4 is 17.5 Å². The second kappa shape index (κ2) is 7.03. The summed E-state index contributed by atoms with van der Waals surface area (Å²) in [5.41, 5.74) is 3.45. The molecule has 3 heterocycles. The van der Waals surface area contributed by atoms with Crippen LogP contribution in [-0.4, -0.2) is 32.9 Å². The van der Waals surface area contributed by atoms with Crippen LogP contribution in [0.3, 0.4) is 0 Å². The first-order valence-corrected chi connectivity index (χ1v) is 8.74. The van der Waals surface area contributed by atoms with E-state index < -0.39 is 0 Å². The number of imidazole rings is 1. The number of anilines is 1. The molecule has 7 nitrogen and oxygen atoms in total. The van der Waals surface area contributed by atoms with E-state index in [2.05, 4.69) is 15.3 Å². The molecule has 2 amide bonds. The molecule has 0 spiro atoms. The van der Waals surface area contributed by atoms with Crippen LogP contribution < -0.4 is 10.2 Å². The molecule has 1 N–H and O–H groups in total. The minimum Gasteiger partial charge on any atom is -0.348 e. The summed E-state index contributed by atoms with van der Waals surface area (Å²) in [5.74, 6) is 0.659. The third kappa shape index (κ3) is 3.44. The SMILES string of the molecule is CC(=O)N1CCc2cc(C(=O)NCc3ccc(-n4ccnc4)nc3)ccc21. The van der Waals surface area contributed by atoms with Crippen molar-refractivity contribution in [2.75, 3.05) is 11.4 Å². The van der Waals surface area contributed by atoms with Crippen LogP contribution >= 0.6 is 0 Å². The highest BCUT2D eigenvalue weighted by atomic mass is 16.2. The van der Waals surface area contributed by atoms with Gasteiger partial charge in [0.05, 0.1) is 0 Å². The van der Waals surface area contributed by atoms with Gasteiger partial charge >= 0.3 is 0 Å². The quantitative estimate of drug-likeness (QED) is 0.772. The van der Waals surface area contributed by atoms with Gasteiger partial charge in [0.2, 0.25) is 5.91 Å². The Morgan fingerprint density at radius 3 is 2.81 bits per heavy atom. The lowest BCUT2D eigenvalue weighted by Crippen LogP contribution is -2.26. The van der Waals surface area contributed by atoms with Crippen LogP contribution in [0.25, 0.3) is 5.82 Å². The fraction of sp³-hybridized carbons (Fsp3) is 0.200. The zero-order valence-corrected chi connectivity index (χ0v) is 14.9. The largest absolute Gasteiger partial charge is 0.348 e. The highest BCUT2D eigenvalue weighted by Crippen LogP contribution is 2.28. The molecule has 3 aromatic rings. The number of carbonyl (C=O) groups is 2. The number of fused-ring (bicyclic) bond motifs is 1. The Morgan fingerprint density at radius 1 is 1.22 bits per heavy atom. The summed E-state index contributed by atoms with van der Waals surface area (Å²) in [5, 5.41) is 2.92. The number of hydrogen-bond donors (Lipinski definition) is 1. The van der Waals surface area contributed by atoms with Crippen molar-refractivity contribution in [2.45, 2.75) is 19.9 Å². The molecular weight excluding hydrogens is 342 g/mol. The summed E-state index contributed by atoms with van der Waals surface area (Å²) in [6.07, 6.45) is 7.72. The van der Waals surface area contributed by atoms with Gasteiger partial charge in [0.15, 0.2) is 0 Å². The van der Waals surface area contributed by atoms with Gasteiger partial charge in [-0.15, -0.1) is 0 Å². The van der Waals surface area contributed by atoms with Crippen molar-refractivity contribution in [1.82, 2.24) is 19.9 Å². The maximum Gasteiger partial charge on any atom is 0.251 e. The first-order valence-electron chi connectivity index (χ1n) is 8.74. The summed E-state index contributed by atoms with van der Waals surface area (Å²) in [6, 6.07) is 9.29. The van der Waals surface area contributed by atoms with Crippen LogP contribution in [0.15, 0.2) is 55.2 Å². The van der Waals surface area contributed by atoms with Crippen molar-refractivity contribution in [2.24, 2.45) is 0 Å². The zero-order chi connectivity index (χ0) is 18.8. The summed E-state index contributed by atoms with van der Waals surface area (Å²) in [6.45, 7) is 2.62. The molecule has 7 heteroatoms. The average molecular weight is 361 g/mol. The van der Waals surface area contributed by atoms with E-state index in [0.717, 1.165) is 29.1 Å². The summed E-state index contributed by atoms with van der Waals surface area (Å²) in [7, 11) is 0. The van der Waals surface area contributed by atoms with Crippen molar-refractivity contribution in [3.63, 3.8) is 0 Å². The number of nitrogens with one attached hydrogen (secondary N) is 1. The van der Waals surface area contributed by atoms with Gasteiger partial charge < -0.3 is 10.2 Å². The predicted octanol–water partition coefficient (Wildman–Crippen LogP) is 2.11. The van der Waals surface area contributed by atoms with E-state index in [-0.39, 0.29) is 11.8 Å². The molecule has 0 atom stereocenters. The lowest BCUT2D eigenvalue weighted by atomic mass is 10.1. The lowest BCUT2D eigenvalue weighted by molar-refractivity contribution is -0.116. The van der Waals surface area contributed by atoms with Crippen LogP contribution in [0.1, 0.15) is 28.4 Å². The minimum atomic E-state index is -0.141. The molecule has 1 aliphatic heterocycles. The molecule has 0 fully saturated rings. The molecule has 1 aliphatic rings. The Hall–Kier alpha value is -3.48. The van der Waals surface area contributed by atoms with Gasteiger partial charge in [-0.2, -0.15) is 0 Å². The van der Waals surface area contributed by atoms with Crippen LogP contribution in [0, 0.1) is 0 Å². The monoisotopic (exact) mass is 361 g/mol. The number of benzene rings is 1. The Kier molecular flexibility index (Phi) is 4.42. The first kappa shape index (κ1) is 17.0. The van der Waals surface area contributed by atoms with Gasteiger partial charge in [0.1, 0.15) is 12.1 Å². The zero-order valence-electron chi connectivity index (χ0n) is 14.9. The van der Waals surface area contributed by atoms with Gasteiger partial charge in [0, 0.05) is 49.9 Å². The number of aromatic nitrogens is 3. The number of hydrogen-bond acceptors (Lipinski definition) is 4. The number of rotatable bonds is 4. The molecule has 0 saturated carbocycles. The maximum absolute atomic E-state index is 12.5. The van der Waals surface area contributed by atoms with E-state index >= 15 is 0 Å². The number of amides is 2. The van der Waals surface area contributed by atoms with E-state index in [1.54, 1.807) is 36.6 Å². The Morgan fingerprint density at radius 2 is 2.11 bits per heavy atom. The van der Waals surface area contributed by atoms with Crippen molar-refractivity contribution in [3.8, 4) is 5.82 Å². The lowest BCUT2D eigenvalue weighted by Gasteiger charge is -2.14. The molecule has 0 unspecified atom stereocenters. The highest BCUT2D eigenvalue weighted by Gasteiger charge is 2.23. The smallest absolute Gasteiger partial charge is 0.251 e. The van der Waals surface area contributed by atoms with E-state index in [9.17, 15) is 9.59 Å². The summed E-state index contributed by atoms with van der Waals surface area (Å²) < 4.78 is 1.82. The summed E-state index contributed by atoms with van der Waals surface area (Å²) >= 11 is 0. The van der Waals surface area contributed by atoms with Gasteiger partial charge in [-0.1, -0.05) is 6.07 Å². The standard InChI is InChI=1S/C20H19N5O2/c1-14(26)25-8-6-16-10-17(3-4-18(16)25)20(27)23-12-15-2-5-19(22-11-15)24-9-7-21-13-24/h2-5,7,9-11,13H,6,8,12H2,1H3,(H,23,27). The van der Waals surface area contributed by atoms with E-state index in [0.29, 0.717) is 18.7 Å². The Balaban J connectivity index is 1.40. The van der Waals surface area contributed by atoms with Crippen LogP contribution in [0.2, 0.25) is 0 Å². The van der Waals surface area contributed by atoms with E-state index in [1.807, 2.05) is 35.0 Å². The number of pyridine rings is 1. The predicted molar refractivity (Wildman–Crippen MR) is 101 cm³/mol. The van der Waals surface area contributed by atoms with Crippen LogP contribution in [0.4, 0.5) is 5.69 Å². The molecular formula is C20H19N5O2.